The predicted molar refractivity (Wildman–Crippen MR) is 68.6 cm³/mol. The van der Waals surface area contributed by atoms with Crippen molar-refractivity contribution in [2.24, 2.45) is 0 Å². The van der Waals surface area contributed by atoms with E-state index in [-0.39, 0.29) is 12.3 Å². The van der Waals surface area contributed by atoms with Crippen molar-refractivity contribution in [3.63, 3.8) is 0 Å². The summed E-state index contributed by atoms with van der Waals surface area (Å²) in [5.74, 6) is 0. The van der Waals surface area contributed by atoms with E-state index in [9.17, 15) is 4.79 Å². The van der Waals surface area contributed by atoms with E-state index in [0.717, 1.165) is 44.9 Å². The number of carboxylic acid groups (broad SMARTS) is 1. The molecular weight excluding hydrogens is 234 g/mol. The van der Waals surface area contributed by atoms with Crippen LogP contribution in [0, 0.1) is 0 Å². The first-order valence-electron chi connectivity index (χ1n) is 6.74. The minimum absolute atomic E-state index is 0.132. The molecule has 1 aliphatic heterocycles. The normalized spacial score (nSPS) is 20.4. The van der Waals surface area contributed by atoms with Crippen LogP contribution in [0.2, 0.25) is 0 Å². The molecule has 5 heteroatoms. The molecule has 106 valence electrons. The molecular formula is C13H25NO4. The van der Waals surface area contributed by atoms with E-state index in [4.69, 9.17) is 14.6 Å². The van der Waals surface area contributed by atoms with Crippen LogP contribution < -0.4 is 0 Å². The average molecular weight is 259 g/mol. The SMILES string of the molecule is COC(CCCCC1CCCCN1C(=O)O)OC. The van der Waals surface area contributed by atoms with Crippen LogP contribution in [0.5, 0.6) is 0 Å². The lowest BCUT2D eigenvalue weighted by Gasteiger charge is -2.33. The maximum atomic E-state index is 11.1. The standard InChI is InChI=1S/C13H25NO4/c1-17-12(18-2)9-4-3-7-11-8-5-6-10-14(11)13(15)16/h11-12H,3-10H2,1-2H3,(H,15,16). The monoisotopic (exact) mass is 259 g/mol. The van der Waals surface area contributed by atoms with E-state index in [0.29, 0.717) is 6.54 Å². The van der Waals surface area contributed by atoms with Gasteiger partial charge >= 0.3 is 6.09 Å². The van der Waals surface area contributed by atoms with Gasteiger partial charge in [-0.05, 0) is 38.5 Å². The minimum atomic E-state index is -0.772. The lowest BCUT2D eigenvalue weighted by Crippen LogP contribution is -2.42. The third-order valence-electron chi connectivity index (χ3n) is 3.63. The van der Waals surface area contributed by atoms with Crippen molar-refractivity contribution in [3.8, 4) is 0 Å². The first-order valence-corrected chi connectivity index (χ1v) is 6.74. The van der Waals surface area contributed by atoms with Gasteiger partial charge in [0.2, 0.25) is 0 Å². The molecule has 0 aromatic rings. The highest BCUT2D eigenvalue weighted by Gasteiger charge is 2.25. The molecule has 0 aromatic heterocycles. The topological polar surface area (TPSA) is 59.0 Å². The number of methoxy groups -OCH3 is 2. The Hall–Kier alpha value is -0.810. The minimum Gasteiger partial charge on any atom is -0.465 e. The summed E-state index contributed by atoms with van der Waals surface area (Å²) in [6.07, 6.45) is 6.10. The van der Waals surface area contributed by atoms with Gasteiger partial charge in [0.05, 0.1) is 0 Å². The Kier molecular flexibility index (Phi) is 7.05. The van der Waals surface area contributed by atoms with Gasteiger partial charge in [0.25, 0.3) is 0 Å². The van der Waals surface area contributed by atoms with E-state index in [2.05, 4.69) is 0 Å². The summed E-state index contributed by atoms with van der Waals surface area (Å²) in [4.78, 5) is 12.7. The number of carbonyl (C=O) groups is 1. The van der Waals surface area contributed by atoms with Crippen LogP contribution in [-0.4, -0.2) is 49.2 Å². The number of hydrogen-bond donors (Lipinski definition) is 1. The van der Waals surface area contributed by atoms with Crippen LogP contribution in [0.3, 0.4) is 0 Å². The molecule has 0 saturated carbocycles. The average Bonchev–Trinajstić information content (AvgIpc) is 2.39. The van der Waals surface area contributed by atoms with Crippen molar-refractivity contribution in [1.82, 2.24) is 4.90 Å². The van der Waals surface area contributed by atoms with Crippen molar-refractivity contribution < 1.29 is 19.4 Å². The molecule has 0 aromatic carbocycles. The molecule has 0 radical (unpaired) electrons. The van der Waals surface area contributed by atoms with Crippen LogP contribution in [-0.2, 0) is 9.47 Å². The van der Waals surface area contributed by atoms with Gasteiger partial charge in [-0.2, -0.15) is 0 Å². The number of likely N-dealkylation sites (tertiary alicyclic amines) is 1. The predicted octanol–water partition coefficient (Wildman–Crippen LogP) is 2.70. The zero-order valence-electron chi connectivity index (χ0n) is 11.4. The highest BCUT2D eigenvalue weighted by atomic mass is 16.7. The van der Waals surface area contributed by atoms with Gasteiger partial charge in [0, 0.05) is 26.8 Å². The quantitative estimate of drug-likeness (QED) is 0.564. The molecule has 1 unspecified atom stereocenters. The van der Waals surface area contributed by atoms with Gasteiger partial charge < -0.3 is 19.5 Å². The molecule has 1 amide bonds. The number of hydrogen-bond acceptors (Lipinski definition) is 3. The zero-order valence-corrected chi connectivity index (χ0v) is 11.4. The molecule has 1 N–H and O–H groups in total. The van der Waals surface area contributed by atoms with Crippen LogP contribution in [0.25, 0.3) is 0 Å². The van der Waals surface area contributed by atoms with Crippen molar-refractivity contribution in [2.75, 3.05) is 20.8 Å². The highest BCUT2D eigenvalue weighted by molar-refractivity contribution is 5.65. The van der Waals surface area contributed by atoms with Crippen molar-refractivity contribution in [3.05, 3.63) is 0 Å². The zero-order chi connectivity index (χ0) is 13.4. The lowest BCUT2D eigenvalue weighted by atomic mass is 9.97. The highest BCUT2D eigenvalue weighted by Crippen LogP contribution is 2.22. The van der Waals surface area contributed by atoms with Crippen molar-refractivity contribution in [1.29, 1.82) is 0 Å². The molecule has 1 fully saturated rings. The van der Waals surface area contributed by atoms with Gasteiger partial charge in [-0.15, -0.1) is 0 Å². The number of piperidine rings is 1. The molecule has 18 heavy (non-hydrogen) atoms. The fraction of sp³-hybridized carbons (Fsp3) is 0.923. The van der Waals surface area contributed by atoms with Crippen LogP contribution in [0.4, 0.5) is 4.79 Å². The van der Waals surface area contributed by atoms with E-state index >= 15 is 0 Å². The third kappa shape index (κ3) is 4.82. The summed E-state index contributed by atoms with van der Waals surface area (Å²) in [7, 11) is 3.28. The number of amides is 1. The lowest BCUT2D eigenvalue weighted by molar-refractivity contribution is -0.107. The Morgan fingerprint density at radius 3 is 2.67 bits per heavy atom. The summed E-state index contributed by atoms with van der Waals surface area (Å²) >= 11 is 0. The Bertz CT molecular complexity index is 243. The van der Waals surface area contributed by atoms with Gasteiger partial charge in [-0.1, -0.05) is 6.42 Å². The number of ether oxygens (including phenoxy) is 2. The smallest absolute Gasteiger partial charge is 0.407 e. The van der Waals surface area contributed by atoms with Gasteiger partial charge in [-0.25, -0.2) is 4.79 Å². The Balaban J connectivity index is 2.22. The molecule has 0 spiro atoms. The first-order chi connectivity index (χ1) is 8.69. The summed E-state index contributed by atoms with van der Waals surface area (Å²) in [5, 5.41) is 9.12. The van der Waals surface area contributed by atoms with E-state index in [1.54, 1.807) is 19.1 Å². The Labute approximate surface area is 109 Å². The number of nitrogens with zero attached hydrogens (tertiary/aromatic N) is 1. The molecule has 1 saturated heterocycles. The molecule has 5 nitrogen and oxygen atoms in total. The van der Waals surface area contributed by atoms with Crippen LogP contribution in [0.15, 0.2) is 0 Å². The van der Waals surface area contributed by atoms with E-state index < -0.39 is 6.09 Å². The number of rotatable bonds is 7. The fourth-order valence-electron chi connectivity index (χ4n) is 2.58. The Morgan fingerprint density at radius 2 is 2.06 bits per heavy atom. The third-order valence-corrected chi connectivity index (χ3v) is 3.63. The first kappa shape index (κ1) is 15.2. The molecule has 1 aliphatic rings. The van der Waals surface area contributed by atoms with Crippen molar-refractivity contribution in [2.45, 2.75) is 57.3 Å². The molecule has 0 bridgehead atoms. The fourth-order valence-corrected chi connectivity index (χ4v) is 2.58. The molecule has 1 rings (SSSR count). The van der Waals surface area contributed by atoms with Gasteiger partial charge in [0.1, 0.15) is 0 Å². The Morgan fingerprint density at radius 1 is 1.33 bits per heavy atom. The second kappa shape index (κ2) is 8.32. The summed E-state index contributed by atoms with van der Waals surface area (Å²) in [5.41, 5.74) is 0. The molecule has 1 heterocycles. The second-order valence-electron chi connectivity index (χ2n) is 4.81. The summed E-state index contributed by atoms with van der Waals surface area (Å²) in [6.45, 7) is 0.693. The number of unbranched alkanes of at least 4 members (excludes halogenated alkanes) is 1. The van der Waals surface area contributed by atoms with Gasteiger partial charge in [0.15, 0.2) is 6.29 Å². The summed E-state index contributed by atoms with van der Waals surface area (Å²) < 4.78 is 10.2. The molecule has 1 atom stereocenters. The van der Waals surface area contributed by atoms with Crippen molar-refractivity contribution >= 4 is 6.09 Å². The van der Waals surface area contributed by atoms with Gasteiger partial charge in [-0.3, -0.25) is 0 Å². The second-order valence-corrected chi connectivity index (χ2v) is 4.81. The van der Waals surface area contributed by atoms with Crippen LogP contribution >= 0.6 is 0 Å². The maximum absolute atomic E-state index is 11.1. The summed E-state index contributed by atoms with van der Waals surface area (Å²) in [6, 6.07) is 0.208. The van der Waals surface area contributed by atoms with E-state index in [1.807, 2.05) is 0 Å². The van der Waals surface area contributed by atoms with Crippen LogP contribution in [0.1, 0.15) is 44.9 Å². The molecule has 0 aliphatic carbocycles. The maximum Gasteiger partial charge on any atom is 0.407 e. The largest absolute Gasteiger partial charge is 0.465 e. The van der Waals surface area contributed by atoms with E-state index in [1.165, 1.54) is 0 Å².